The molecule has 1 aromatic carbocycles. The molecule has 0 fully saturated rings. The summed E-state index contributed by atoms with van der Waals surface area (Å²) in [5.41, 5.74) is 0. The summed E-state index contributed by atoms with van der Waals surface area (Å²) in [6.07, 6.45) is 7.49. The maximum atomic E-state index is 13.4. The number of alkyl halides is 1. The van der Waals surface area contributed by atoms with E-state index in [4.69, 9.17) is 0 Å². The molecule has 0 aliphatic rings. The largest absolute Gasteiger partial charge is 0.420 e. The lowest BCUT2D eigenvalue weighted by Gasteiger charge is -2.08. The molecule has 0 saturated heterocycles. The minimum absolute atomic E-state index is 0.150. The van der Waals surface area contributed by atoms with E-state index in [0.717, 1.165) is 43.9 Å². The molecule has 0 saturated carbocycles. The van der Waals surface area contributed by atoms with Gasteiger partial charge in [0.15, 0.2) is 0 Å². The fraction of sp³-hybridized carbons (Fsp3) is 0.588. The molecule has 142 valence electrons. The summed E-state index contributed by atoms with van der Waals surface area (Å²) in [7, 11) is 0. The lowest BCUT2D eigenvalue weighted by atomic mass is 10.1. The van der Waals surface area contributed by atoms with E-state index >= 15 is 0 Å². The van der Waals surface area contributed by atoms with Crippen LogP contribution < -0.4 is 4.74 Å². The van der Waals surface area contributed by atoms with Crippen LogP contribution in [0.15, 0.2) is 0 Å². The zero-order chi connectivity index (χ0) is 18.8. The van der Waals surface area contributed by atoms with Gasteiger partial charge in [0.2, 0.25) is 34.8 Å². The molecule has 8 heteroatoms. The van der Waals surface area contributed by atoms with E-state index in [1.807, 2.05) is 0 Å². The highest BCUT2D eigenvalue weighted by molar-refractivity contribution is 9.09. The van der Waals surface area contributed by atoms with Crippen LogP contribution in [0, 0.1) is 29.1 Å². The molecule has 0 aliphatic carbocycles. The van der Waals surface area contributed by atoms with E-state index < -0.39 is 40.8 Å². The number of carbonyl (C=O) groups is 1. The topological polar surface area (TPSA) is 26.3 Å². The molecule has 0 radical (unpaired) electrons. The second-order valence-electron chi connectivity index (χ2n) is 5.64. The van der Waals surface area contributed by atoms with Gasteiger partial charge in [0, 0.05) is 11.8 Å². The Morgan fingerprint density at radius 3 is 1.56 bits per heavy atom. The summed E-state index contributed by atoms with van der Waals surface area (Å²) >= 11 is 3.36. The van der Waals surface area contributed by atoms with Crippen molar-refractivity contribution in [2.75, 3.05) is 5.33 Å². The average molecular weight is 431 g/mol. The molecule has 1 aromatic rings. The Morgan fingerprint density at radius 2 is 1.08 bits per heavy atom. The van der Waals surface area contributed by atoms with Gasteiger partial charge in [0.1, 0.15) is 0 Å². The van der Waals surface area contributed by atoms with Crippen molar-refractivity contribution in [2.24, 2.45) is 0 Å². The van der Waals surface area contributed by atoms with Crippen molar-refractivity contribution < 1.29 is 31.5 Å². The van der Waals surface area contributed by atoms with Gasteiger partial charge in [-0.05, 0) is 12.8 Å². The molecule has 0 unspecified atom stereocenters. The molecule has 2 nitrogen and oxygen atoms in total. The summed E-state index contributed by atoms with van der Waals surface area (Å²) in [6.45, 7) is 0. The summed E-state index contributed by atoms with van der Waals surface area (Å²) in [4.78, 5) is 11.5. The smallest absolute Gasteiger partial charge is 0.311 e. The van der Waals surface area contributed by atoms with Crippen LogP contribution in [0.5, 0.6) is 5.75 Å². The Bertz CT molecular complexity index is 552. The third kappa shape index (κ3) is 6.92. The number of ether oxygens (including phenoxy) is 1. The molecule has 0 bridgehead atoms. The number of esters is 1. The molecule has 25 heavy (non-hydrogen) atoms. The quantitative estimate of drug-likeness (QED) is 0.0794. The van der Waals surface area contributed by atoms with Crippen LogP contribution in [0.1, 0.15) is 57.8 Å². The molecule has 0 atom stereocenters. The fourth-order valence-corrected chi connectivity index (χ4v) is 2.66. The van der Waals surface area contributed by atoms with E-state index in [1.54, 1.807) is 0 Å². The van der Waals surface area contributed by atoms with E-state index in [-0.39, 0.29) is 6.42 Å². The normalized spacial score (nSPS) is 11.0. The molecule has 0 amide bonds. The van der Waals surface area contributed by atoms with Crippen LogP contribution in [0.25, 0.3) is 0 Å². The number of hydrogen-bond donors (Lipinski definition) is 0. The molecule has 0 aliphatic heterocycles. The summed E-state index contributed by atoms with van der Waals surface area (Å²) in [5, 5.41) is 0.998. The maximum absolute atomic E-state index is 13.4. The van der Waals surface area contributed by atoms with E-state index in [0.29, 0.717) is 6.42 Å². The van der Waals surface area contributed by atoms with Gasteiger partial charge in [-0.3, -0.25) is 4.79 Å². The minimum atomic E-state index is -2.29. The highest BCUT2D eigenvalue weighted by atomic mass is 79.9. The van der Waals surface area contributed by atoms with Crippen molar-refractivity contribution in [1.82, 2.24) is 0 Å². The summed E-state index contributed by atoms with van der Waals surface area (Å²) < 4.78 is 70.0. The Balaban J connectivity index is 2.34. The van der Waals surface area contributed by atoms with Crippen molar-refractivity contribution in [2.45, 2.75) is 57.8 Å². The van der Waals surface area contributed by atoms with Crippen molar-refractivity contribution in [3.05, 3.63) is 29.1 Å². The predicted octanol–water partition coefficient (Wildman–Crippen LogP) is 6.19. The molecule has 1 rings (SSSR count). The number of rotatable bonds is 11. The monoisotopic (exact) mass is 430 g/mol. The van der Waals surface area contributed by atoms with Gasteiger partial charge >= 0.3 is 5.97 Å². The van der Waals surface area contributed by atoms with Gasteiger partial charge in [-0.1, -0.05) is 54.5 Å². The third-order valence-electron chi connectivity index (χ3n) is 3.65. The number of halogens is 6. The van der Waals surface area contributed by atoms with Gasteiger partial charge in [-0.25, -0.2) is 13.2 Å². The van der Waals surface area contributed by atoms with Crippen molar-refractivity contribution in [3.8, 4) is 5.75 Å². The second kappa shape index (κ2) is 11.4. The second-order valence-corrected chi connectivity index (χ2v) is 6.43. The molecule has 0 heterocycles. The first-order valence-electron chi connectivity index (χ1n) is 8.18. The van der Waals surface area contributed by atoms with Crippen LogP contribution in [0.2, 0.25) is 0 Å². The van der Waals surface area contributed by atoms with E-state index in [2.05, 4.69) is 20.7 Å². The van der Waals surface area contributed by atoms with E-state index in [1.165, 1.54) is 6.42 Å². The van der Waals surface area contributed by atoms with Crippen LogP contribution in [0.3, 0.4) is 0 Å². The van der Waals surface area contributed by atoms with Crippen LogP contribution in [-0.2, 0) is 4.79 Å². The maximum Gasteiger partial charge on any atom is 0.311 e. The number of carbonyl (C=O) groups excluding carboxylic acids is 1. The predicted molar refractivity (Wildman–Crippen MR) is 87.2 cm³/mol. The third-order valence-corrected chi connectivity index (χ3v) is 4.21. The highest BCUT2D eigenvalue weighted by Crippen LogP contribution is 2.29. The lowest BCUT2D eigenvalue weighted by Crippen LogP contribution is -2.13. The Labute approximate surface area is 151 Å². The summed E-state index contributed by atoms with van der Waals surface area (Å²) in [5.74, 6) is -13.4. The molecule has 0 aromatic heterocycles. The first-order chi connectivity index (χ1) is 11.9. The molecular weight excluding hydrogens is 411 g/mol. The molecule has 0 N–H and O–H groups in total. The standard InChI is InChI=1S/C17H20BrF5O2/c18-10-8-6-4-2-1-3-5-7-9-11(24)25-17-15(22)13(20)12(19)14(21)16(17)23/h1-10H2. The number of hydrogen-bond acceptors (Lipinski definition) is 2. The molecule has 0 spiro atoms. The van der Waals surface area contributed by atoms with Crippen LogP contribution in [-0.4, -0.2) is 11.3 Å². The minimum Gasteiger partial charge on any atom is -0.420 e. The summed E-state index contributed by atoms with van der Waals surface area (Å²) in [6, 6.07) is 0. The van der Waals surface area contributed by atoms with Gasteiger partial charge in [-0.2, -0.15) is 8.78 Å². The van der Waals surface area contributed by atoms with Crippen LogP contribution in [0.4, 0.5) is 22.0 Å². The zero-order valence-electron chi connectivity index (χ0n) is 13.7. The first-order valence-corrected chi connectivity index (χ1v) is 9.30. The Hall–Kier alpha value is -1.18. The SMILES string of the molecule is O=C(CCCCCCCCCCBr)Oc1c(F)c(F)c(F)c(F)c1F. The lowest BCUT2D eigenvalue weighted by molar-refractivity contribution is -0.135. The van der Waals surface area contributed by atoms with Crippen molar-refractivity contribution in [1.29, 1.82) is 0 Å². The average Bonchev–Trinajstić information content (AvgIpc) is 2.60. The van der Waals surface area contributed by atoms with Gasteiger partial charge in [0.25, 0.3) is 0 Å². The van der Waals surface area contributed by atoms with Crippen molar-refractivity contribution in [3.63, 3.8) is 0 Å². The van der Waals surface area contributed by atoms with Crippen LogP contribution >= 0.6 is 15.9 Å². The van der Waals surface area contributed by atoms with Crippen molar-refractivity contribution >= 4 is 21.9 Å². The van der Waals surface area contributed by atoms with Gasteiger partial charge in [-0.15, -0.1) is 0 Å². The van der Waals surface area contributed by atoms with Gasteiger partial charge < -0.3 is 4.74 Å². The van der Waals surface area contributed by atoms with Gasteiger partial charge in [0.05, 0.1) is 0 Å². The fourth-order valence-electron chi connectivity index (χ4n) is 2.26. The number of benzene rings is 1. The Kier molecular flexibility index (Phi) is 10.0. The number of unbranched alkanes of at least 4 members (excludes halogenated alkanes) is 7. The zero-order valence-corrected chi connectivity index (χ0v) is 15.2. The van der Waals surface area contributed by atoms with E-state index in [9.17, 15) is 26.7 Å². The first kappa shape index (κ1) is 21.9. The molecular formula is C17H20BrF5O2. The Morgan fingerprint density at radius 1 is 0.680 bits per heavy atom. The highest BCUT2D eigenvalue weighted by Gasteiger charge is 2.28.